The van der Waals surface area contributed by atoms with Crippen LogP contribution in [0.3, 0.4) is 0 Å². The summed E-state index contributed by atoms with van der Waals surface area (Å²) >= 11 is 0. The van der Waals surface area contributed by atoms with Gasteiger partial charge in [-0.2, -0.15) is 0 Å². The van der Waals surface area contributed by atoms with Crippen molar-refractivity contribution in [3.05, 3.63) is 75.9 Å². The molecule has 1 N–H and O–H groups in total. The third kappa shape index (κ3) is 9.84. The number of carbonyl (C=O) groups excluding carboxylic acids is 3. The quantitative estimate of drug-likeness (QED) is 0.127. The first-order valence-corrected chi connectivity index (χ1v) is 13.4. The van der Waals surface area contributed by atoms with Crippen molar-refractivity contribution in [2.24, 2.45) is 5.11 Å². The van der Waals surface area contributed by atoms with Crippen LogP contribution in [-0.4, -0.2) is 59.2 Å². The normalized spacial score (nSPS) is 18.5. The minimum atomic E-state index is -1.13. The van der Waals surface area contributed by atoms with Crippen LogP contribution >= 0.6 is 0 Å². The Morgan fingerprint density at radius 1 is 1.00 bits per heavy atom. The lowest BCUT2D eigenvalue weighted by Crippen LogP contribution is -2.46. The molecule has 0 unspecified atom stereocenters. The highest BCUT2D eigenvalue weighted by Crippen LogP contribution is 2.30. The summed E-state index contributed by atoms with van der Waals surface area (Å²) in [6, 6.07) is 11.5. The Hall–Kier alpha value is -4.51. The standard InChI is InChI=1S/C29H36FN5O7/c1-28(2,3)41-26(37)35-17-23(39-27(38)42-29(4,5)6)24(22(35)15-18-10-12-21(13-11-18)33-34-31)40-25(36)32-16-19-8-7-9-20(30)14-19/h7-14,22-24H,15-17H2,1-6H3,(H,32,36)/t22-,23+,24+/m1/s1. The molecule has 2 amide bonds. The monoisotopic (exact) mass is 585 g/mol. The van der Waals surface area contributed by atoms with Crippen LogP contribution in [0.15, 0.2) is 53.6 Å². The maximum absolute atomic E-state index is 13.6. The Balaban J connectivity index is 1.91. The molecular formula is C29H36FN5O7. The van der Waals surface area contributed by atoms with Crippen LogP contribution < -0.4 is 5.32 Å². The van der Waals surface area contributed by atoms with Gasteiger partial charge >= 0.3 is 18.3 Å². The van der Waals surface area contributed by atoms with E-state index < -0.39 is 53.6 Å². The zero-order valence-corrected chi connectivity index (χ0v) is 24.5. The van der Waals surface area contributed by atoms with E-state index in [0.717, 1.165) is 5.56 Å². The minimum Gasteiger partial charge on any atom is -0.444 e. The summed E-state index contributed by atoms with van der Waals surface area (Å²) in [5, 5.41) is 6.14. The molecule has 13 heteroatoms. The average Bonchev–Trinajstić information content (AvgIpc) is 3.18. The van der Waals surface area contributed by atoms with Gasteiger partial charge < -0.3 is 24.3 Å². The topological polar surface area (TPSA) is 152 Å². The highest BCUT2D eigenvalue weighted by Gasteiger charge is 2.50. The number of nitrogens with one attached hydrogen (secondary N) is 1. The van der Waals surface area contributed by atoms with Gasteiger partial charge in [0.15, 0.2) is 12.2 Å². The van der Waals surface area contributed by atoms with Crippen LogP contribution in [0.1, 0.15) is 52.7 Å². The van der Waals surface area contributed by atoms with Crippen molar-refractivity contribution in [2.45, 2.75) is 84.0 Å². The second-order valence-electron chi connectivity index (χ2n) is 11.7. The molecule has 2 aromatic carbocycles. The fraction of sp³-hybridized carbons (Fsp3) is 0.483. The van der Waals surface area contributed by atoms with E-state index in [2.05, 4.69) is 15.3 Å². The van der Waals surface area contributed by atoms with Crippen LogP contribution in [-0.2, 0) is 31.9 Å². The molecule has 0 spiro atoms. The van der Waals surface area contributed by atoms with Gasteiger partial charge in [-0.1, -0.05) is 41.5 Å². The number of nitrogens with zero attached hydrogens (tertiary/aromatic N) is 4. The summed E-state index contributed by atoms with van der Waals surface area (Å²) < 4.78 is 35.9. The van der Waals surface area contributed by atoms with E-state index >= 15 is 0 Å². The Morgan fingerprint density at radius 2 is 1.67 bits per heavy atom. The summed E-state index contributed by atoms with van der Waals surface area (Å²) in [5.74, 6) is -0.455. The fourth-order valence-electron chi connectivity index (χ4n) is 4.25. The molecule has 1 fully saturated rings. The molecular weight excluding hydrogens is 549 g/mol. The van der Waals surface area contributed by atoms with E-state index in [4.69, 9.17) is 24.5 Å². The summed E-state index contributed by atoms with van der Waals surface area (Å²) in [5.41, 5.74) is 8.64. The predicted molar refractivity (Wildman–Crippen MR) is 150 cm³/mol. The maximum Gasteiger partial charge on any atom is 0.509 e. The third-order valence-electron chi connectivity index (χ3n) is 5.90. The van der Waals surface area contributed by atoms with Crippen molar-refractivity contribution in [1.82, 2.24) is 10.2 Å². The number of rotatable bonds is 7. The van der Waals surface area contributed by atoms with Crippen LogP contribution in [0.2, 0.25) is 0 Å². The predicted octanol–water partition coefficient (Wildman–Crippen LogP) is 6.54. The van der Waals surface area contributed by atoms with Gasteiger partial charge in [0.1, 0.15) is 17.0 Å². The Bertz CT molecular complexity index is 1320. The molecule has 1 aliphatic heterocycles. The SMILES string of the molecule is CC(C)(C)OC(=O)O[C@H]1CN(C(=O)OC(C)(C)C)[C@H](Cc2ccc(N=[N+]=[N-])cc2)[C@@H]1OC(=O)NCc1cccc(F)c1. The maximum atomic E-state index is 13.6. The van der Waals surface area contributed by atoms with Gasteiger partial charge in [-0.25, -0.2) is 18.8 Å². The van der Waals surface area contributed by atoms with Crippen molar-refractivity contribution in [1.29, 1.82) is 0 Å². The van der Waals surface area contributed by atoms with Crippen molar-refractivity contribution in [3.8, 4) is 0 Å². The second-order valence-corrected chi connectivity index (χ2v) is 11.7. The van der Waals surface area contributed by atoms with E-state index in [-0.39, 0.29) is 19.5 Å². The van der Waals surface area contributed by atoms with Crippen molar-refractivity contribution >= 4 is 24.0 Å². The van der Waals surface area contributed by atoms with Gasteiger partial charge in [-0.05, 0) is 76.8 Å². The number of benzene rings is 2. The molecule has 0 radical (unpaired) electrons. The van der Waals surface area contributed by atoms with Gasteiger partial charge in [0, 0.05) is 17.1 Å². The Labute approximate surface area is 243 Å². The van der Waals surface area contributed by atoms with Crippen molar-refractivity contribution in [2.75, 3.05) is 6.54 Å². The molecule has 3 rings (SSSR count). The van der Waals surface area contributed by atoms with Crippen molar-refractivity contribution in [3.63, 3.8) is 0 Å². The number of hydrogen-bond acceptors (Lipinski definition) is 8. The fourth-order valence-corrected chi connectivity index (χ4v) is 4.25. The van der Waals surface area contributed by atoms with Crippen LogP contribution in [0, 0.1) is 5.82 Å². The molecule has 226 valence electrons. The highest BCUT2D eigenvalue weighted by molar-refractivity contribution is 5.71. The summed E-state index contributed by atoms with van der Waals surface area (Å²) in [7, 11) is 0. The molecule has 1 aliphatic rings. The van der Waals surface area contributed by atoms with E-state index in [1.54, 1.807) is 71.9 Å². The van der Waals surface area contributed by atoms with Crippen LogP contribution in [0.5, 0.6) is 0 Å². The van der Waals surface area contributed by atoms with E-state index in [1.165, 1.54) is 23.1 Å². The Morgan fingerprint density at radius 3 is 2.26 bits per heavy atom. The average molecular weight is 586 g/mol. The molecule has 12 nitrogen and oxygen atoms in total. The third-order valence-corrected chi connectivity index (χ3v) is 5.90. The van der Waals surface area contributed by atoms with E-state index in [9.17, 15) is 18.8 Å². The number of likely N-dealkylation sites (tertiary alicyclic amines) is 1. The summed E-state index contributed by atoms with van der Waals surface area (Å²) in [6.45, 7) is 10.00. The summed E-state index contributed by atoms with van der Waals surface area (Å²) in [4.78, 5) is 43.0. The lowest BCUT2D eigenvalue weighted by Gasteiger charge is -2.30. The first kappa shape index (κ1) is 32.0. The first-order valence-electron chi connectivity index (χ1n) is 13.4. The molecule has 3 atom stereocenters. The number of halogens is 1. The van der Waals surface area contributed by atoms with Gasteiger partial charge in [0.25, 0.3) is 0 Å². The Kier molecular flexibility index (Phi) is 10.2. The van der Waals surface area contributed by atoms with Gasteiger partial charge in [-0.15, -0.1) is 0 Å². The molecule has 0 bridgehead atoms. The molecule has 0 saturated carbocycles. The van der Waals surface area contributed by atoms with Crippen molar-refractivity contribution < 1.29 is 37.7 Å². The zero-order chi connectivity index (χ0) is 31.1. The number of azide groups is 1. The smallest absolute Gasteiger partial charge is 0.444 e. The highest BCUT2D eigenvalue weighted by atomic mass is 19.1. The number of alkyl carbamates (subject to hydrolysis) is 1. The first-order chi connectivity index (χ1) is 19.6. The van der Waals surface area contributed by atoms with Gasteiger partial charge in [0.05, 0.1) is 12.6 Å². The molecule has 42 heavy (non-hydrogen) atoms. The minimum absolute atomic E-state index is 0.0256. The van der Waals surface area contributed by atoms with Gasteiger partial charge in [-0.3, -0.25) is 4.90 Å². The number of carbonyl (C=O) groups is 3. The van der Waals surface area contributed by atoms with Crippen LogP contribution in [0.4, 0.5) is 24.5 Å². The zero-order valence-electron chi connectivity index (χ0n) is 24.5. The lowest BCUT2D eigenvalue weighted by molar-refractivity contribution is -0.0518. The number of hydrogen-bond donors (Lipinski definition) is 1. The molecule has 1 heterocycles. The lowest BCUT2D eigenvalue weighted by atomic mass is 10.0. The van der Waals surface area contributed by atoms with Gasteiger partial charge in [0.2, 0.25) is 0 Å². The molecule has 0 aliphatic carbocycles. The van der Waals surface area contributed by atoms with E-state index in [1.807, 2.05) is 0 Å². The molecule has 0 aromatic heterocycles. The number of amides is 2. The van der Waals surface area contributed by atoms with E-state index in [0.29, 0.717) is 11.3 Å². The molecule has 1 saturated heterocycles. The second kappa shape index (κ2) is 13.4. The largest absolute Gasteiger partial charge is 0.509 e. The molecule has 2 aromatic rings. The van der Waals surface area contributed by atoms with Crippen LogP contribution in [0.25, 0.3) is 10.4 Å². The summed E-state index contributed by atoms with van der Waals surface area (Å²) in [6.07, 6.45) is -4.61. The number of ether oxygens (including phenoxy) is 4.